The average Bonchev–Trinajstić information content (AvgIpc) is 2.53. The number of halogens is 1. The van der Waals surface area contributed by atoms with Crippen molar-refractivity contribution in [2.45, 2.75) is 0 Å². The van der Waals surface area contributed by atoms with E-state index in [1.807, 2.05) is 0 Å². The fourth-order valence-corrected chi connectivity index (χ4v) is 1.75. The highest BCUT2D eigenvalue weighted by Crippen LogP contribution is 2.29. The van der Waals surface area contributed by atoms with Gasteiger partial charge in [-0.25, -0.2) is 9.78 Å². The number of ether oxygens (including phenoxy) is 3. The van der Waals surface area contributed by atoms with Crippen molar-refractivity contribution >= 4 is 23.1 Å². The second-order valence-electron chi connectivity index (χ2n) is 3.89. The van der Waals surface area contributed by atoms with Crippen molar-refractivity contribution < 1.29 is 19.0 Å². The summed E-state index contributed by atoms with van der Waals surface area (Å²) in [4.78, 5) is 23.2. The first-order valence-corrected chi connectivity index (χ1v) is 6.46. The smallest absolute Gasteiger partial charge is 0.341 e. The maximum absolute atomic E-state index is 11.9. The molecule has 114 valence electrons. The molecule has 0 radical (unpaired) electrons. The molecule has 0 amide bonds. The van der Waals surface area contributed by atoms with Crippen LogP contribution >= 0.6 is 11.6 Å². The van der Waals surface area contributed by atoms with Crippen LogP contribution in [-0.4, -0.2) is 35.1 Å². The summed E-state index contributed by atoms with van der Waals surface area (Å²) in [6, 6.07) is 6.83. The van der Waals surface area contributed by atoms with E-state index in [2.05, 4.69) is 15.0 Å². The highest BCUT2D eigenvalue weighted by molar-refractivity contribution is 6.28. The minimum atomic E-state index is -0.563. The molecule has 22 heavy (non-hydrogen) atoms. The molecule has 1 heterocycles. The van der Waals surface area contributed by atoms with Crippen molar-refractivity contribution in [3.63, 3.8) is 0 Å². The SMILES string of the molecule is CO/C=C(\C(=O)OC)c1ccccc1Oc1ncnc(Cl)n1. The molecular formula is C14H12ClN3O4. The van der Waals surface area contributed by atoms with Crippen LogP contribution in [0, 0.1) is 0 Å². The average molecular weight is 322 g/mol. The zero-order chi connectivity index (χ0) is 15.9. The Hall–Kier alpha value is -2.67. The molecule has 8 heteroatoms. The Bertz CT molecular complexity index is 706. The van der Waals surface area contributed by atoms with Crippen molar-refractivity contribution in [2.75, 3.05) is 14.2 Å². The van der Waals surface area contributed by atoms with Crippen molar-refractivity contribution in [3.05, 3.63) is 47.7 Å². The Morgan fingerprint density at radius 3 is 2.68 bits per heavy atom. The fourth-order valence-electron chi connectivity index (χ4n) is 1.64. The van der Waals surface area contributed by atoms with Gasteiger partial charge in [0.2, 0.25) is 5.28 Å². The minimum absolute atomic E-state index is 0.00288. The molecule has 0 spiro atoms. The Kier molecular flexibility index (Phi) is 5.26. The van der Waals surface area contributed by atoms with E-state index in [4.69, 9.17) is 25.8 Å². The van der Waals surface area contributed by atoms with Crippen LogP contribution < -0.4 is 4.74 Å². The number of rotatable bonds is 5. The van der Waals surface area contributed by atoms with Gasteiger partial charge in [-0.1, -0.05) is 18.2 Å². The van der Waals surface area contributed by atoms with E-state index >= 15 is 0 Å². The largest absolute Gasteiger partial charge is 0.503 e. The van der Waals surface area contributed by atoms with E-state index in [0.717, 1.165) is 0 Å². The minimum Gasteiger partial charge on any atom is -0.503 e. The maximum Gasteiger partial charge on any atom is 0.341 e. The lowest BCUT2D eigenvalue weighted by molar-refractivity contribution is -0.133. The number of esters is 1. The molecule has 1 aromatic heterocycles. The van der Waals surface area contributed by atoms with Crippen LogP contribution in [0.3, 0.4) is 0 Å². The molecule has 0 aliphatic carbocycles. The second-order valence-corrected chi connectivity index (χ2v) is 4.23. The van der Waals surface area contributed by atoms with Crippen molar-refractivity contribution in [1.29, 1.82) is 0 Å². The normalized spacial score (nSPS) is 11.0. The molecular weight excluding hydrogens is 310 g/mol. The molecule has 2 aromatic rings. The quantitative estimate of drug-likeness (QED) is 0.475. The van der Waals surface area contributed by atoms with E-state index in [1.165, 1.54) is 26.8 Å². The third-order valence-electron chi connectivity index (χ3n) is 2.54. The Labute approximate surface area is 131 Å². The molecule has 0 saturated heterocycles. The summed E-state index contributed by atoms with van der Waals surface area (Å²) < 4.78 is 15.2. The van der Waals surface area contributed by atoms with Gasteiger partial charge in [0.25, 0.3) is 0 Å². The Balaban J connectivity index is 2.41. The van der Waals surface area contributed by atoms with Crippen LogP contribution in [0.5, 0.6) is 11.8 Å². The van der Waals surface area contributed by atoms with Gasteiger partial charge in [0.05, 0.1) is 20.5 Å². The highest BCUT2D eigenvalue weighted by atomic mass is 35.5. The molecule has 2 rings (SSSR count). The Morgan fingerprint density at radius 1 is 1.23 bits per heavy atom. The van der Waals surface area contributed by atoms with Gasteiger partial charge in [-0.05, 0) is 17.7 Å². The number of para-hydroxylation sites is 1. The van der Waals surface area contributed by atoms with E-state index in [9.17, 15) is 4.79 Å². The van der Waals surface area contributed by atoms with E-state index in [0.29, 0.717) is 11.3 Å². The predicted octanol–water partition coefficient (Wildman–Crippen LogP) is 2.48. The maximum atomic E-state index is 11.9. The molecule has 0 aliphatic rings. The van der Waals surface area contributed by atoms with Gasteiger partial charge in [0.15, 0.2) is 0 Å². The third-order valence-corrected chi connectivity index (χ3v) is 2.72. The molecule has 0 aliphatic heterocycles. The van der Waals surface area contributed by atoms with Gasteiger partial charge in [-0.2, -0.15) is 9.97 Å². The molecule has 0 saturated carbocycles. The number of benzene rings is 1. The number of carbonyl (C=O) groups is 1. The first-order valence-electron chi connectivity index (χ1n) is 6.08. The monoisotopic (exact) mass is 321 g/mol. The number of aromatic nitrogens is 3. The van der Waals surface area contributed by atoms with Gasteiger partial charge in [-0.15, -0.1) is 0 Å². The lowest BCUT2D eigenvalue weighted by Crippen LogP contribution is -2.06. The summed E-state index contributed by atoms with van der Waals surface area (Å²) in [7, 11) is 2.71. The van der Waals surface area contributed by atoms with Crippen LogP contribution in [0.25, 0.3) is 5.57 Å². The van der Waals surface area contributed by atoms with E-state index < -0.39 is 5.97 Å². The van der Waals surface area contributed by atoms with Crippen LogP contribution in [0.15, 0.2) is 36.9 Å². The molecule has 7 nitrogen and oxygen atoms in total. The van der Waals surface area contributed by atoms with E-state index in [1.54, 1.807) is 24.3 Å². The van der Waals surface area contributed by atoms with Crippen molar-refractivity contribution in [1.82, 2.24) is 15.0 Å². The second kappa shape index (κ2) is 7.37. The third kappa shape index (κ3) is 3.70. The molecule has 0 N–H and O–H groups in total. The Morgan fingerprint density at radius 2 is 2.00 bits per heavy atom. The van der Waals surface area contributed by atoms with Crippen LogP contribution in [0.2, 0.25) is 5.28 Å². The number of hydrogen-bond acceptors (Lipinski definition) is 7. The molecule has 0 unspecified atom stereocenters. The predicted molar refractivity (Wildman–Crippen MR) is 78.4 cm³/mol. The van der Waals surface area contributed by atoms with E-state index in [-0.39, 0.29) is 16.9 Å². The lowest BCUT2D eigenvalue weighted by Gasteiger charge is -2.11. The summed E-state index contributed by atoms with van der Waals surface area (Å²) >= 11 is 5.69. The summed E-state index contributed by atoms with van der Waals surface area (Å²) in [5.74, 6) is -0.218. The molecule has 0 atom stereocenters. The van der Waals surface area contributed by atoms with Crippen LogP contribution in [-0.2, 0) is 14.3 Å². The fraction of sp³-hybridized carbons (Fsp3) is 0.143. The first kappa shape index (κ1) is 15.7. The summed E-state index contributed by atoms with van der Waals surface area (Å²) in [5.41, 5.74) is 0.661. The zero-order valence-corrected chi connectivity index (χ0v) is 12.6. The summed E-state index contributed by atoms with van der Waals surface area (Å²) in [5, 5.41) is 0.00288. The highest BCUT2D eigenvalue weighted by Gasteiger charge is 2.18. The number of carbonyl (C=O) groups excluding carboxylic acids is 1. The van der Waals surface area contributed by atoms with Crippen LogP contribution in [0.4, 0.5) is 0 Å². The first-order chi connectivity index (χ1) is 10.7. The number of methoxy groups -OCH3 is 2. The van der Waals surface area contributed by atoms with Gasteiger partial charge in [0.1, 0.15) is 17.6 Å². The lowest BCUT2D eigenvalue weighted by atomic mass is 10.1. The van der Waals surface area contributed by atoms with Gasteiger partial charge < -0.3 is 14.2 Å². The number of nitrogens with zero attached hydrogens (tertiary/aromatic N) is 3. The van der Waals surface area contributed by atoms with Crippen molar-refractivity contribution in [3.8, 4) is 11.8 Å². The van der Waals surface area contributed by atoms with Gasteiger partial charge >= 0.3 is 12.0 Å². The standard InChI is InChI=1S/C14H12ClN3O4/c1-20-7-10(12(19)21-2)9-5-3-4-6-11(9)22-14-17-8-16-13(15)18-14/h3-8H,1-2H3/b10-7-. The van der Waals surface area contributed by atoms with Crippen LogP contribution in [0.1, 0.15) is 5.56 Å². The van der Waals surface area contributed by atoms with Gasteiger partial charge in [-0.3, -0.25) is 0 Å². The van der Waals surface area contributed by atoms with Gasteiger partial charge in [0, 0.05) is 5.56 Å². The zero-order valence-electron chi connectivity index (χ0n) is 11.8. The molecule has 1 aromatic carbocycles. The molecule has 0 fully saturated rings. The van der Waals surface area contributed by atoms with Crippen molar-refractivity contribution in [2.24, 2.45) is 0 Å². The number of hydrogen-bond donors (Lipinski definition) is 0. The summed E-state index contributed by atoms with van der Waals surface area (Å²) in [6.45, 7) is 0. The topological polar surface area (TPSA) is 83.4 Å². The molecule has 0 bridgehead atoms. The summed E-state index contributed by atoms with van der Waals surface area (Å²) in [6.07, 6.45) is 2.49.